The monoisotopic (exact) mass is 291 g/mol. The van der Waals surface area contributed by atoms with Gasteiger partial charge in [0.2, 0.25) is 0 Å². The minimum atomic E-state index is -0.967. The number of hydrogen-bond acceptors (Lipinski definition) is 2. The van der Waals surface area contributed by atoms with Crippen molar-refractivity contribution in [3.8, 4) is 0 Å². The normalized spacial score (nSPS) is 13.7. The van der Waals surface area contributed by atoms with Gasteiger partial charge in [-0.1, -0.05) is 42.5 Å². The largest absolute Gasteiger partial charge is 0.481 e. The Balaban J connectivity index is 2.07. The molecule has 0 aliphatic carbocycles. The second-order valence-electron chi connectivity index (χ2n) is 5.73. The third-order valence-corrected chi connectivity index (χ3v) is 4.17. The van der Waals surface area contributed by atoms with Gasteiger partial charge in [-0.3, -0.25) is 9.78 Å². The zero-order chi connectivity index (χ0) is 15.6. The zero-order valence-corrected chi connectivity index (χ0v) is 12.4. The van der Waals surface area contributed by atoms with E-state index in [-0.39, 0.29) is 0 Å². The highest BCUT2D eigenvalue weighted by molar-refractivity contribution is 5.87. The molecule has 1 heterocycles. The van der Waals surface area contributed by atoms with E-state index in [9.17, 15) is 9.90 Å². The van der Waals surface area contributed by atoms with E-state index in [1.54, 1.807) is 19.3 Å². The van der Waals surface area contributed by atoms with E-state index in [0.29, 0.717) is 6.42 Å². The Bertz CT molecular complexity index is 814. The quantitative estimate of drug-likeness (QED) is 0.795. The molecule has 0 aliphatic heterocycles. The lowest BCUT2D eigenvalue weighted by Crippen LogP contribution is -2.34. The number of rotatable bonds is 4. The third-order valence-electron chi connectivity index (χ3n) is 4.17. The predicted octanol–water partition coefficient (Wildman–Crippen LogP) is 3.82. The van der Waals surface area contributed by atoms with Crippen molar-refractivity contribution in [2.75, 3.05) is 0 Å². The van der Waals surface area contributed by atoms with Crippen LogP contribution in [0.25, 0.3) is 10.8 Å². The van der Waals surface area contributed by atoms with Gasteiger partial charge in [-0.05, 0) is 47.4 Å². The number of aromatic nitrogens is 1. The molecule has 3 nitrogen and oxygen atoms in total. The summed E-state index contributed by atoms with van der Waals surface area (Å²) in [6.07, 6.45) is 3.82. The molecule has 0 radical (unpaired) electrons. The second-order valence-corrected chi connectivity index (χ2v) is 5.73. The maximum Gasteiger partial charge on any atom is 0.314 e. The number of fused-ring (bicyclic) bond motifs is 1. The summed E-state index contributed by atoms with van der Waals surface area (Å²) < 4.78 is 0. The molecule has 22 heavy (non-hydrogen) atoms. The first kappa shape index (κ1) is 14.3. The van der Waals surface area contributed by atoms with Crippen molar-refractivity contribution in [1.82, 2.24) is 4.98 Å². The summed E-state index contributed by atoms with van der Waals surface area (Å²) in [6, 6.07) is 17.6. The Kier molecular flexibility index (Phi) is 3.63. The molecule has 0 bridgehead atoms. The van der Waals surface area contributed by atoms with E-state index < -0.39 is 11.4 Å². The predicted molar refractivity (Wildman–Crippen MR) is 86.9 cm³/mol. The van der Waals surface area contributed by atoms with Crippen LogP contribution in [0.3, 0.4) is 0 Å². The summed E-state index contributed by atoms with van der Waals surface area (Å²) in [5.74, 6) is -0.820. The molecular formula is C19H17NO2. The van der Waals surface area contributed by atoms with Gasteiger partial charge in [0.15, 0.2) is 0 Å². The topological polar surface area (TPSA) is 50.2 Å². The first-order chi connectivity index (χ1) is 10.6. The minimum absolute atomic E-state index is 0.434. The molecule has 3 aromatic rings. The van der Waals surface area contributed by atoms with Gasteiger partial charge in [0.1, 0.15) is 0 Å². The van der Waals surface area contributed by atoms with Gasteiger partial charge in [0, 0.05) is 12.4 Å². The van der Waals surface area contributed by atoms with E-state index in [2.05, 4.69) is 4.98 Å². The first-order valence-corrected chi connectivity index (χ1v) is 7.21. The molecule has 1 N–H and O–H groups in total. The van der Waals surface area contributed by atoms with Gasteiger partial charge >= 0.3 is 5.97 Å². The van der Waals surface area contributed by atoms with Crippen molar-refractivity contribution in [2.24, 2.45) is 0 Å². The number of aliphatic carboxylic acids is 1. The van der Waals surface area contributed by atoms with E-state index in [1.165, 1.54) is 0 Å². The van der Waals surface area contributed by atoms with Crippen molar-refractivity contribution in [1.29, 1.82) is 0 Å². The number of nitrogens with zero attached hydrogens (tertiary/aromatic N) is 1. The maximum atomic E-state index is 11.9. The lowest BCUT2D eigenvalue weighted by molar-refractivity contribution is -0.143. The number of carboxylic acid groups (broad SMARTS) is 1. The lowest BCUT2D eigenvalue weighted by Gasteiger charge is -2.26. The molecule has 1 unspecified atom stereocenters. The second kappa shape index (κ2) is 5.60. The molecule has 0 aliphatic rings. The Labute approximate surface area is 129 Å². The highest BCUT2D eigenvalue weighted by atomic mass is 16.4. The fourth-order valence-electron chi connectivity index (χ4n) is 2.74. The molecule has 0 saturated heterocycles. The average molecular weight is 291 g/mol. The van der Waals surface area contributed by atoms with Crippen molar-refractivity contribution in [3.05, 3.63) is 78.1 Å². The van der Waals surface area contributed by atoms with Crippen LogP contribution in [0.1, 0.15) is 18.1 Å². The zero-order valence-electron chi connectivity index (χ0n) is 12.4. The van der Waals surface area contributed by atoms with Crippen molar-refractivity contribution < 1.29 is 9.90 Å². The molecule has 1 aromatic heterocycles. The number of carboxylic acids is 1. The SMILES string of the molecule is CC(Cc1ccncc1)(C(=O)O)c1ccc2ccccc2c1. The van der Waals surface area contributed by atoms with Gasteiger partial charge in [0.05, 0.1) is 5.41 Å². The van der Waals surface area contributed by atoms with Crippen LogP contribution in [-0.4, -0.2) is 16.1 Å². The van der Waals surface area contributed by atoms with Gasteiger partial charge in [-0.15, -0.1) is 0 Å². The van der Waals surface area contributed by atoms with Gasteiger partial charge in [-0.25, -0.2) is 0 Å². The number of pyridine rings is 1. The average Bonchev–Trinajstić information content (AvgIpc) is 2.55. The smallest absolute Gasteiger partial charge is 0.314 e. The molecule has 1 atom stereocenters. The van der Waals surface area contributed by atoms with Crippen molar-refractivity contribution >= 4 is 16.7 Å². The Morgan fingerprint density at radius 3 is 2.41 bits per heavy atom. The van der Waals surface area contributed by atoms with Crippen LogP contribution < -0.4 is 0 Å². The van der Waals surface area contributed by atoms with E-state index in [0.717, 1.165) is 21.9 Å². The Morgan fingerprint density at radius 2 is 1.73 bits per heavy atom. The first-order valence-electron chi connectivity index (χ1n) is 7.21. The Hall–Kier alpha value is -2.68. The molecule has 0 spiro atoms. The summed E-state index contributed by atoms with van der Waals surface area (Å²) in [4.78, 5) is 15.9. The number of carbonyl (C=O) groups is 1. The standard InChI is InChI=1S/C19H17NO2/c1-19(18(21)22,13-14-8-10-20-11-9-14)17-7-6-15-4-2-3-5-16(15)12-17/h2-12H,13H2,1H3,(H,21,22). The molecular weight excluding hydrogens is 274 g/mol. The highest BCUT2D eigenvalue weighted by Gasteiger charge is 2.35. The van der Waals surface area contributed by atoms with Crippen LogP contribution in [0.5, 0.6) is 0 Å². The summed E-state index contributed by atoms with van der Waals surface area (Å²) in [5.41, 5.74) is 0.814. The van der Waals surface area contributed by atoms with Crippen LogP contribution in [-0.2, 0) is 16.6 Å². The number of hydrogen-bond donors (Lipinski definition) is 1. The lowest BCUT2D eigenvalue weighted by atomic mass is 9.77. The minimum Gasteiger partial charge on any atom is -0.481 e. The summed E-state index contributed by atoms with van der Waals surface area (Å²) >= 11 is 0. The van der Waals surface area contributed by atoms with Crippen LogP contribution in [0, 0.1) is 0 Å². The molecule has 0 fully saturated rings. The molecule has 2 aromatic carbocycles. The van der Waals surface area contributed by atoms with E-state index >= 15 is 0 Å². The van der Waals surface area contributed by atoms with Crippen molar-refractivity contribution in [2.45, 2.75) is 18.8 Å². The molecule has 3 rings (SSSR count). The van der Waals surface area contributed by atoms with Gasteiger partial charge < -0.3 is 5.11 Å². The molecule has 0 amide bonds. The van der Waals surface area contributed by atoms with Crippen LogP contribution in [0.4, 0.5) is 0 Å². The van der Waals surface area contributed by atoms with E-state index in [1.807, 2.05) is 54.6 Å². The van der Waals surface area contributed by atoms with Crippen LogP contribution in [0.2, 0.25) is 0 Å². The van der Waals surface area contributed by atoms with Crippen molar-refractivity contribution in [3.63, 3.8) is 0 Å². The third kappa shape index (κ3) is 2.58. The fraction of sp³-hybridized carbons (Fsp3) is 0.158. The van der Waals surface area contributed by atoms with Crippen LogP contribution >= 0.6 is 0 Å². The summed E-state index contributed by atoms with van der Waals surface area (Å²) in [6.45, 7) is 1.78. The summed E-state index contributed by atoms with van der Waals surface area (Å²) in [7, 11) is 0. The van der Waals surface area contributed by atoms with Gasteiger partial charge in [-0.2, -0.15) is 0 Å². The maximum absolute atomic E-state index is 11.9. The molecule has 110 valence electrons. The number of benzene rings is 2. The summed E-state index contributed by atoms with van der Waals surface area (Å²) in [5, 5.41) is 12.0. The molecule has 3 heteroatoms. The molecule has 0 saturated carbocycles. The fourth-order valence-corrected chi connectivity index (χ4v) is 2.74. The Morgan fingerprint density at radius 1 is 1.05 bits per heavy atom. The van der Waals surface area contributed by atoms with Gasteiger partial charge in [0.25, 0.3) is 0 Å². The van der Waals surface area contributed by atoms with Crippen LogP contribution in [0.15, 0.2) is 67.0 Å². The van der Waals surface area contributed by atoms with E-state index in [4.69, 9.17) is 0 Å². The highest BCUT2D eigenvalue weighted by Crippen LogP contribution is 2.31.